The van der Waals surface area contributed by atoms with E-state index < -0.39 is 0 Å². The quantitative estimate of drug-likeness (QED) is 0.476. The topological polar surface area (TPSA) is 81.4 Å². The van der Waals surface area contributed by atoms with E-state index in [-0.39, 0.29) is 11.9 Å². The Bertz CT molecular complexity index is 463. The maximum atomic E-state index is 11.9. The Balaban J connectivity index is 2.39. The molecule has 0 bridgehead atoms. The minimum Gasteiger partial charge on any atom is -0.466 e. The first-order chi connectivity index (χ1) is 9.04. The SMILES string of the molecule is CCOC(=O)CCCNC(=O)c1cc(Br)ccc1N. The average molecular weight is 329 g/mol. The molecule has 0 radical (unpaired) electrons. The summed E-state index contributed by atoms with van der Waals surface area (Å²) in [4.78, 5) is 23.0. The first-order valence-electron chi connectivity index (χ1n) is 6.03. The maximum absolute atomic E-state index is 11.9. The second-order valence-corrected chi connectivity index (χ2v) is 4.81. The number of rotatable bonds is 6. The molecule has 6 heteroatoms. The number of carbonyl (C=O) groups is 2. The van der Waals surface area contributed by atoms with Crippen LogP contribution in [-0.4, -0.2) is 25.0 Å². The standard InChI is InChI=1S/C13H17BrN2O3/c1-2-19-12(17)4-3-7-16-13(18)10-8-9(14)5-6-11(10)15/h5-6,8H,2-4,7,15H2,1H3,(H,16,18). The molecule has 1 amide bonds. The van der Waals surface area contributed by atoms with Crippen LogP contribution in [0.4, 0.5) is 5.69 Å². The number of carbonyl (C=O) groups excluding carboxylic acids is 2. The third kappa shape index (κ3) is 5.30. The summed E-state index contributed by atoms with van der Waals surface area (Å²) >= 11 is 3.29. The van der Waals surface area contributed by atoms with Gasteiger partial charge < -0.3 is 15.8 Å². The van der Waals surface area contributed by atoms with E-state index in [4.69, 9.17) is 10.5 Å². The van der Waals surface area contributed by atoms with Crippen LogP contribution in [0.5, 0.6) is 0 Å². The largest absolute Gasteiger partial charge is 0.466 e. The minimum atomic E-state index is -0.251. The van der Waals surface area contributed by atoms with Gasteiger partial charge in [-0.3, -0.25) is 9.59 Å². The number of anilines is 1. The molecule has 0 saturated heterocycles. The number of amides is 1. The monoisotopic (exact) mass is 328 g/mol. The van der Waals surface area contributed by atoms with Crippen molar-refractivity contribution in [2.24, 2.45) is 0 Å². The van der Waals surface area contributed by atoms with Crippen LogP contribution in [0.3, 0.4) is 0 Å². The van der Waals surface area contributed by atoms with Crippen LogP contribution in [0.15, 0.2) is 22.7 Å². The van der Waals surface area contributed by atoms with E-state index in [9.17, 15) is 9.59 Å². The highest BCUT2D eigenvalue weighted by Crippen LogP contribution is 2.18. The van der Waals surface area contributed by atoms with Gasteiger partial charge in [0.05, 0.1) is 12.2 Å². The zero-order valence-electron chi connectivity index (χ0n) is 10.7. The second kappa shape index (κ2) is 7.78. The molecule has 0 saturated carbocycles. The van der Waals surface area contributed by atoms with E-state index >= 15 is 0 Å². The summed E-state index contributed by atoms with van der Waals surface area (Å²) in [6.07, 6.45) is 0.834. The number of nitrogen functional groups attached to an aromatic ring is 1. The summed E-state index contributed by atoms with van der Waals surface area (Å²) < 4.78 is 5.58. The molecule has 0 aliphatic carbocycles. The molecular formula is C13H17BrN2O3. The molecule has 0 aliphatic rings. The number of nitrogens with two attached hydrogens (primary N) is 1. The van der Waals surface area contributed by atoms with Crippen LogP contribution in [0.1, 0.15) is 30.1 Å². The van der Waals surface area contributed by atoms with E-state index in [1.54, 1.807) is 25.1 Å². The zero-order chi connectivity index (χ0) is 14.3. The third-order valence-corrected chi connectivity index (χ3v) is 2.90. The van der Waals surface area contributed by atoms with Crippen molar-refractivity contribution in [2.45, 2.75) is 19.8 Å². The lowest BCUT2D eigenvalue weighted by Gasteiger charge is -2.08. The van der Waals surface area contributed by atoms with Gasteiger partial charge in [-0.25, -0.2) is 0 Å². The minimum absolute atomic E-state index is 0.248. The van der Waals surface area contributed by atoms with E-state index in [0.29, 0.717) is 37.2 Å². The van der Waals surface area contributed by atoms with Crippen molar-refractivity contribution in [1.29, 1.82) is 0 Å². The highest BCUT2D eigenvalue weighted by Gasteiger charge is 2.10. The molecule has 1 aromatic carbocycles. The van der Waals surface area contributed by atoms with Gasteiger partial charge in [0.1, 0.15) is 0 Å². The van der Waals surface area contributed by atoms with Gasteiger partial charge in [-0.15, -0.1) is 0 Å². The van der Waals surface area contributed by atoms with Gasteiger partial charge >= 0.3 is 5.97 Å². The fourth-order valence-corrected chi connectivity index (χ4v) is 1.85. The molecule has 0 aliphatic heterocycles. The zero-order valence-corrected chi connectivity index (χ0v) is 12.3. The van der Waals surface area contributed by atoms with Crippen molar-refractivity contribution < 1.29 is 14.3 Å². The van der Waals surface area contributed by atoms with Crippen LogP contribution in [0, 0.1) is 0 Å². The first-order valence-corrected chi connectivity index (χ1v) is 6.82. The predicted octanol–water partition coefficient (Wildman–Crippen LogP) is 2.10. The Morgan fingerprint density at radius 2 is 2.16 bits per heavy atom. The first kappa shape index (κ1) is 15.5. The number of hydrogen-bond acceptors (Lipinski definition) is 4. The van der Waals surface area contributed by atoms with Crippen molar-refractivity contribution in [3.63, 3.8) is 0 Å². The Morgan fingerprint density at radius 3 is 2.84 bits per heavy atom. The summed E-state index contributed by atoms with van der Waals surface area (Å²) in [6.45, 7) is 2.54. The highest BCUT2D eigenvalue weighted by atomic mass is 79.9. The van der Waals surface area contributed by atoms with Crippen molar-refractivity contribution in [3.05, 3.63) is 28.2 Å². The summed E-state index contributed by atoms with van der Waals surface area (Å²) in [7, 11) is 0. The van der Waals surface area contributed by atoms with E-state index in [2.05, 4.69) is 21.2 Å². The van der Waals surface area contributed by atoms with Gasteiger partial charge in [0.15, 0.2) is 0 Å². The maximum Gasteiger partial charge on any atom is 0.305 e. The lowest BCUT2D eigenvalue weighted by Crippen LogP contribution is -2.25. The summed E-state index contributed by atoms with van der Waals surface area (Å²) in [5.41, 5.74) is 6.57. The molecule has 0 atom stereocenters. The lowest BCUT2D eigenvalue weighted by atomic mass is 10.1. The summed E-state index contributed by atoms with van der Waals surface area (Å²) in [5, 5.41) is 2.72. The van der Waals surface area contributed by atoms with Gasteiger partial charge in [-0.05, 0) is 31.5 Å². The number of hydrogen-bond donors (Lipinski definition) is 2. The van der Waals surface area contributed by atoms with Gasteiger partial charge in [0, 0.05) is 23.1 Å². The second-order valence-electron chi connectivity index (χ2n) is 3.90. The number of halogens is 1. The van der Waals surface area contributed by atoms with Crippen molar-refractivity contribution in [3.8, 4) is 0 Å². The van der Waals surface area contributed by atoms with E-state index in [0.717, 1.165) is 4.47 Å². The fraction of sp³-hybridized carbons (Fsp3) is 0.385. The van der Waals surface area contributed by atoms with Crippen LogP contribution in [-0.2, 0) is 9.53 Å². The van der Waals surface area contributed by atoms with E-state index in [1.165, 1.54) is 0 Å². The van der Waals surface area contributed by atoms with Crippen molar-refractivity contribution >= 4 is 33.5 Å². The van der Waals surface area contributed by atoms with Crippen molar-refractivity contribution in [1.82, 2.24) is 5.32 Å². The average Bonchev–Trinajstić information content (AvgIpc) is 2.37. The molecule has 19 heavy (non-hydrogen) atoms. The Morgan fingerprint density at radius 1 is 1.42 bits per heavy atom. The predicted molar refractivity (Wildman–Crippen MR) is 76.8 cm³/mol. The molecule has 0 heterocycles. The summed E-state index contributed by atoms with van der Waals surface area (Å²) in [5.74, 6) is -0.499. The fourth-order valence-electron chi connectivity index (χ4n) is 1.49. The molecule has 0 fully saturated rings. The van der Waals surface area contributed by atoms with Crippen LogP contribution in [0.2, 0.25) is 0 Å². The molecule has 1 aromatic rings. The number of ether oxygens (including phenoxy) is 1. The molecular weight excluding hydrogens is 312 g/mol. The van der Waals surface area contributed by atoms with Crippen LogP contribution in [0.25, 0.3) is 0 Å². The van der Waals surface area contributed by atoms with Crippen LogP contribution >= 0.6 is 15.9 Å². The molecule has 0 aromatic heterocycles. The number of benzene rings is 1. The Kier molecular flexibility index (Phi) is 6.35. The molecule has 0 unspecified atom stereocenters. The third-order valence-electron chi connectivity index (χ3n) is 2.41. The number of nitrogens with one attached hydrogen (secondary N) is 1. The van der Waals surface area contributed by atoms with Gasteiger partial charge in [-0.2, -0.15) is 0 Å². The van der Waals surface area contributed by atoms with Crippen molar-refractivity contribution in [2.75, 3.05) is 18.9 Å². The normalized spacial score (nSPS) is 10.0. The smallest absolute Gasteiger partial charge is 0.305 e. The van der Waals surface area contributed by atoms with E-state index in [1.807, 2.05) is 0 Å². The summed E-state index contributed by atoms with van der Waals surface area (Å²) in [6, 6.07) is 5.10. The molecule has 1 rings (SSSR count). The van der Waals surface area contributed by atoms with Gasteiger partial charge in [0.25, 0.3) is 5.91 Å². The molecule has 3 N–H and O–H groups in total. The molecule has 5 nitrogen and oxygen atoms in total. The number of esters is 1. The van der Waals surface area contributed by atoms with Gasteiger partial charge in [0.2, 0.25) is 0 Å². The Labute approximate surface area is 120 Å². The van der Waals surface area contributed by atoms with Crippen LogP contribution < -0.4 is 11.1 Å². The highest BCUT2D eigenvalue weighted by molar-refractivity contribution is 9.10. The Hall–Kier alpha value is -1.56. The molecule has 0 spiro atoms. The lowest BCUT2D eigenvalue weighted by molar-refractivity contribution is -0.143. The van der Waals surface area contributed by atoms with Gasteiger partial charge in [-0.1, -0.05) is 15.9 Å². The molecule has 104 valence electrons.